The van der Waals surface area contributed by atoms with Gasteiger partial charge >= 0.3 is 0 Å². The SMILES string of the molecule is Oc1cccc(NCc2cscn2)c1. The molecule has 72 valence electrons. The van der Waals surface area contributed by atoms with Crippen LogP contribution in [-0.4, -0.2) is 10.1 Å². The number of phenolic OH excluding ortho intramolecular Hbond substituents is 1. The van der Waals surface area contributed by atoms with Gasteiger partial charge in [-0.2, -0.15) is 0 Å². The molecule has 0 radical (unpaired) electrons. The highest BCUT2D eigenvalue weighted by Gasteiger charge is 1.95. The number of rotatable bonds is 3. The summed E-state index contributed by atoms with van der Waals surface area (Å²) in [5.41, 5.74) is 3.72. The van der Waals surface area contributed by atoms with Crippen LogP contribution in [0.2, 0.25) is 0 Å². The van der Waals surface area contributed by atoms with Gasteiger partial charge in [0.05, 0.1) is 17.7 Å². The Balaban J connectivity index is 1.98. The number of phenols is 1. The number of nitrogens with one attached hydrogen (secondary N) is 1. The molecule has 0 amide bonds. The highest BCUT2D eigenvalue weighted by Crippen LogP contribution is 2.16. The molecule has 3 nitrogen and oxygen atoms in total. The van der Waals surface area contributed by atoms with Crippen LogP contribution in [0.15, 0.2) is 35.2 Å². The van der Waals surface area contributed by atoms with Crippen molar-refractivity contribution in [1.82, 2.24) is 4.98 Å². The van der Waals surface area contributed by atoms with Crippen LogP contribution in [0.25, 0.3) is 0 Å². The van der Waals surface area contributed by atoms with Crippen molar-refractivity contribution in [3.8, 4) is 5.75 Å². The predicted molar refractivity (Wildman–Crippen MR) is 57.5 cm³/mol. The molecule has 2 N–H and O–H groups in total. The van der Waals surface area contributed by atoms with E-state index < -0.39 is 0 Å². The summed E-state index contributed by atoms with van der Waals surface area (Å²) in [6.45, 7) is 0.687. The van der Waals surface area contributed by atoms with E-state index in [-0.39, 0.29) is 5.75 Å². The molecule has 0 fully saturated rings. The fraction of sp³-hybridized carbons (Fsp3) is 0.100. The van der Waals surface area contributed by atoms with E-state index in [9.17, 15) is 5.11 Å². The van der Waals surface area contributed by atoms with Gasteiger partial charge in [-0.05, 0) is 12.1 Å². The van der Waals surface area contributed by atoms with Crippen molar-refractivity contribution in [2.45, 2.75) is 6.54 Å². The van der Waals surface area contributed by atoms with Gasteiger partial charge in [-0.25, -0.2) is 4.98 Å². The first-order chi connectivity index (χ1) is 6.84. The van der Waals surface area contributed by atoms with Crippen molar-refractivity contribution < 1.29 is 5.11 Å². The maximum absolute atomic E-state index is 9.22. The van der Waals surface area contributed by atoms with E-state index in [1.54, 1.807) is 35.0 Å². The fourth-order valence-corrected chi connectivity index (χ4v) is 1.69. The van der Waals surface area contributed by atoms with Crippen LogP contribution >= 0.6 is 11.3 Å². The zero-order chi connectivity index (χ0) is 9.80. The Labute approximate surface area is 86.1 Å². The second kappa shape index (κ2) is 4.11. The monoisotopic (exact) mass is 206 g/mol. The first-order valence-electron chi connectivity index (χ1n) is 4.24. The Morgan fingerprint density at radius 1 is 1.43 bits per heavy atom. The van der Waals surface area contributed by atoms with Crippen molar-refractivity contribution in [1.29, 1.82) is 0 Å². The summed E-state index contributed by atoms with van der Waals surface area (Å²) in [6.07, 6.45) is 0. The van der Waals surface area contributed by atoms with Crippen molar-refractivity contribution in [3.63, 3.8) is 0 Å². The normalized spacial score (nSPS) is 10.0. The quantitative estimate of drug-likeness (QED) is 0.810. The van der Waals surface area contributed by atoms with Crippen LogP contribution in [0.5, 0.6) is 5.75 Å². The molecule has 0 atom stereocenters. The smallest absolute Gasteiger partial charge is 0.117 e. The lowest BCUT2D eigenvalue weighted by atomic mass is 10.3. The van der Waals surface area contributed by atoms with Crippen LogP contribution in [-0.2, 0) is 6.54 Å². The van der Waals surface area contributed by atoms with E-state index in [0.29, 0.717) is 6.54 Å². The van der Waals surface area contributed by atoms with E-state index in [4.69, 9.17) is 0 Å². The zero-order valence-corrected chi connectivity index (χ0v) is 8.29. The maximum Gasteiger partial charge on any atom is 0.117 e. The van der Waals surface area contributed by atoms with Crippen LogP contribution in [0.3, 0.4) is 0 Å². The third-order valence-corrected chi connectivity index (χ3v) is 2.44. The molecule has 1 aromatic heterocycles. The van der Waals surface area contributed by atoms with Crippen molar-refractivity contribution in [2.24, 2.45) is 0 Å². The summed E-state index contributed by atoms with van der Waals surface area (Å²) < 4.78 is 0. The summed E-state index contributed by atoms with van der Waals surface area (Å²) >= 11 is 1.58. The maximum atomic E-state index is 9.22. The van der Waals surface area contributed by atoms with Gasteiger partial charge in [0.2, 0.25) is 0 Å². The Kier molecular flexibility index (Phi) is 2.65. The average Bonchev–Trinajstić information content (AvgIpc) is 2.67. The third kappa shape index (κ3) is 2.23. The molecule has 1 aromatic carbocycles. The molecule has 14 heavy (non-hydrogen) atoms. The van der Waals surface area contributed by atoms with E-state index in [1.165, 1.54) is 0 Å². The molecule has 0 aliphatic heterocycles. The second-order valence-electron chi connectivity index (χ2n) is 2.88. The van der Waals surface area contributed by atoms with Gasteiger partial charge in [-0.3, -0.25) is 0 Å². The van der Waals surface area contributed by atoms with Gasteiger partial charge in [0.15, 0.2) is 0 Å². The highest BCUT2D eigenvalue weighted by atomic mass is 32.1. The molecule has 2 aromatic rings. The Bertz CT molecular complexity index is 400. The van der Waals surface area contributed by atoms with Gasteiger partial charge in [-0.15, -0.1) is 11.3 Å². The number of nitrogens with zero attached hydrogens (tertiary/aromatic N) is 1. The number of anilines is 1. The number of hydrogen-bond donors (Lipinski definition) is 2. The topological polar surface area (TPSA) is 45.1 Å². The number of aromatic hydroxyl groups is 1. The minimum absolute atomic E-state index is 0.272. The van der Waals surface area contributed by atoms with E-state index in [2.05, 4.69) is 10.3 Å². The molecule has 0 aliphatic rings. The van der Waals surface area contributed by atoms with Crippen LogP contribution in [0, 0.1) is 0 Å². The van der Waals surface area contributed by atoms with Gasteiger partial charge < -0.3 is 10.4 Å². The molecule has 4 heteroatoms. The molecule has 0 saturated carbocycles. The van der Waals surface area contributed by atoms with E-state index >= 15 is 0 Å². The molecule has 0 spiro atoms. The predicted octanol–water partition coefficient (Wildman–Crippen LogP) is 2.46. The number of aromatic nitrogens is 1. The average molecular weight is 206 g/mol. The second-order valence-corrected chi connectivity index (χ2v) is 3.60. The Morgan fingerprint density at radius 3 is 3.07 bits per heavy atom. The molecule has 0 bridgehead atoms. The van der Waals surface area contributed by atoms with Gasteiger partial charge in [0.1, 0.15) is 5.75 Å². The van der Waals surface area contributed by atoms with Crippen LogP contribution in [0.4, 0.5) is 5.69 Å². The lowest BCUT2D eigenvalue weighted by Crippen LogP contribution is -1.98. The van der Waals surface area contributed by atoms with E-state index in [0.717, 1.165) is 11.4 Å². The van der Waals surface area contributed by atoms with Gasteiger partial charge in [-0.1, -0.05) is 6.07 Å². The first-order valence-corrected chi connectivity index (χ1v) is 5.19. The van der Waals surface area contributed by atoms with Crippen molar-refractivity contribution >= 4 is 17.0 Å². The van der Waals surface area contributed by atoms with Gasteiger partial charge in [0.25, 0.3) is 0 Å². The zero-order valence-electron chi connectivity index (χ0n) is 7.47. The molecule has 2 rings (SSSR count). The first kappa shape index (κ1) is 9.02. The molecule has 0 unspecified atom stereocenters. The molecular formula is C10H10N2OS. The molecule has 0 saturated heterocycles. The number of hydrogen-bond acceptors (Lipinski definition) is 4. The fourth-order valence-electron chi connectivity index (χ4n) is 1.13. The summed E-state index contributed by atoms with van der Waals surface area (Å²) in [5, 5.41) is 14.4. The number of benzene rings is 1. The number of thiazole rings is 1. The highest BCUT2D eigenvalue weighted by molar-refractivity contribution is 7.07. The van der Waals surface area contributed by atoms with Crippen molar-refractivity contribution in [3.05, 3.63) is 40.8 Å². The summed E-state index contributed by atoms with van der Waals surface area (Å²) in [7, 11) is 0. The molecular weight excluding hydrogens is 196 g/mol. The lowest BCUT2D eigenvalue weighted by molar-refractivity contribution is 0.475. The summed E-state index contributed by atoms with van der Waals surface area (Å²) in [4.78, 5) is 4.15. The summed E-state index contributed by atoms with van der Waals surface area (Å²) in [6, 6.07) is 7.05. The minimum atomic E-state index is 0.272. The van der Waals surface area contributed by atoms with Crippen LogP contribution in [0.1, 0.15) is 5.69 Å². The lowest BCUT2D eigenvalue weighted by Gasteiger charge is -2.03. The van der Waals surface area contributed by atoms with E-state index in [1.807, 2.05) is 11.4 Å². The third-order valence-electron chi connectivity index (χ3n) is 1.80. The molecule has 0 aliphatic carbocycles. The van der Waals surface area contributed by atoms with Crippen molar-refractivity contribution in [2.75, 3.05) is 5.32 Å². The largest absolute Gasteiger partial charge is 0.508 e. The minimum Gasteiger partial charge on any atom is -0.508 e. The molecule has 1 heterocycles. The van der Waals surface area contributed by atoms with Crippen LogP contribution < -0.4 is 5.32 Å². The summed E-state index contributed by atoms with van der Waals surface area (Å²) in [5.74, 6) is 0.272. The standard InChI is InChI=1S/C10H10N2OS/c13-10-3-1-2-8(4-10)11-5-9-6-14-7-12-9/h1-4,6-7,11,13H,5H2. The van der Waals surface area contributed by atoms with Gasteiger partial charge in [0, 0.05) is 17.1 Å². The Morgan fingerprint density at radius 2 is 2.36 bits per heavy atom. The Hall–Kier alpha value is -1.55.